The van der Waals surface area contributed by atoms with Gasteiger partial charge in [-0.2, -0.15) is 5.10 Å². The summed E-state index contributed by atoms with van der Waals surface area (Å²) in [6.07, 6.45) is 1.62. The lowest BCUT2D eigenvalue weighted by Crippen LogP contribution is -2.20. The van der Waals surface area contributed by atoms with Crippen molar-refractivity contribution in [1.82, 2.24) is 5.43 Å². The van der Waals surface area contributed by atoms with Crippen molar-refractivity contribution in [2.24, 2.45) is 5.10 Å². The van der Waals surface area contributed by atoms with Gasteiger partial charge < -0.3 is 9.84 Å². The molecular formula is C20H17BrN2O3. The smallest absolute Gasteiger partial charge is 0.243 e. The van der Waals surface area contributed by atoms with Gasteiger partial charge >= 0.3 is 0 Å². The van der Waals surface area contributed by atoms with Crippen molar-refractivity contribution in [3.8, 4) is 11.5 Å². The molecule has 0 aliphatic carbocycles. The lowest BCUT2D eigenvalue weighted by Gasteiger charge is -2.06. The Kier molecular flexibility index (Phi) is 5.86. The summed E-state index contributed by atoms with van der Waals surface area (Å²) in [4.78, 5) is 11.9. The maximum Gasteiger partial charge on any atom is 0.243 e. The van der Waals surface area contributed by atoms with Crippen LogP contribution in [0.3, 0.4) is 0 Å². The largest absolute Gasteiger partial charge is 0.507 e. The van der Waals surface area contributed by atoms with Gasteiger partial charge in [0.25, 0.3) is 0 Å². The van der Waals surface area contributed by atoms with Crippen molar-refractivity contribution in [2.45, 2.75) is 6.42 Å². The zero-order valence-corrected chi connectivity index (χ0v) is 15.4. The molecule has 0 atom stereocenters. The second-order valence-corrected chi connectivity index (χ2v) is 6.48. The molecule has 3 aromatic carbocycles. The quantitative estimate of drug-likeness (QED) is 0.470. The number of halogens is 1. The van der Waals surface area contributed by atoms with Crippen LogP contribution in [0.15, 0.2) is 70.2 Å². The molecule has 0 unspecified atom stereocenters. The number of nitrogens with zero attached hydrogens (tertiary/aromatic N) is 1. The second kappa shape index (κ2) is 8.49. The maximum atomic E-state index is 11.9. The third kappa shape index (κ3) is 4.61. The van der Waals surface area contributed by atoms with Gasteiger partial charge in [0, 0.05) is 10.0 Å². The van der Waals surface area contributed by atoms with Gasteiger partial charge in [0.2, 0.25) is 5.91 Å². The molecule has 1 amide bonds. The molecule has 26 heavy (non-hydrogen) atoms. The normalized spacial score (nSPS) is 11.0. The molecule has 0 radical (unpaired) electrons. The Balaban J connectivity index is 1.55. The van der Waals surface area contributed by atoms with Crippen LogP contribution in [0.4, 0.5) is 0 Å². The predicted molar refractivity (Wildman–Crippen MR) is 106 cm³/mol. The fourth-order valence-corrected chi connectivity index (χ4v) is 2.84. The van der Waals surface area contributed by atoms with E-state index in [1.165, 1.54) is 6.21 Å². The molecule has 3 rings (SSSR count). The van der Waals surface area contributed by atoms with Crippen LogP contribution < -0.4 is 10.2 Å². The molecule has 6 heteroatoms. The number of benzene rings is 3. The first-order valence-electron chi connectivity index (χ1n) is 8.04. The van der Waals surface area contributed by atoms with E-state index in [-0.39, 0.29) is 24.7 Å². The zero-order chi connectivity index (χ0) is 18.4. The van der Waals surface area contributed by atoms with Crippen molar-refractivity contribution in [2.75, 3.05) is 6.61 Å². The van der Waals surface area contributed by atoms with Gasteiger partial charge in [-0.1, -0.05) is 52.3 Å². The fourth-order valence-electron chi connectivity index (χ4n) is 2.46. The van der Waals surface area contributed by atoms with Crippen LogP contribution in [0.25, 0.3) is 10.8 Å². The average molecular weight is 413 g/mol. The number of carbonyl (C=O) groups excluding carboxylic acids is 1. The van der Waals surface area contributed by atoms with E-state index in [1.54, 1.807) is 6.07 Å². The lowest BCUT2D eigenvalue weighted by molar-refractivity contribution is -0.121. The van der Waals surface area contributed by atoms with Gasteiger partial charge in [-0.15, -0.1) is 0 Å². The summed E-state index contributed by atoms with van der Waals surface area (Å²) >= 11 is 3.36. The summed E-state index contributed by atoms with van der Waals surface area (Å²) in [5.74, 6) is 0.534. The van der Waals surface area contributed by atoms with Crippen LogP contribution >= 0.6 is 15.9 Å². The van der Waals surface area contributed by atoms with E-state index in [9.17, 15) is 9.90 Å². The van der Waals surface area contributed by atoms with Crippen LogP contribution in [0.1, 0.15) is 12.0 Å². The van der Waals surface area contributed by atoms with E-state index in [1.807, 2.05) is 54.6 Å². The van der Waals surface area contributed by atoms with E-state index >= 15 is 0 Å². The Morgan fingerprint density at radius 3 is 2.85 bits per heavy atom. The maximum absolute atomic E-state index is 11.9. The molecule has 0 spiro atoms. The van der Waals surface area contributed by atoms with Crippen molar-refractivity contribution in [3.63, 3.8) is 0 Å². The third-order valence-corrected chi connectivity index (χ3v) is 4.22. The predicted octanol–water partition coefficient (Wildman–Crippen LogP) is 4.23. The Bertz CT molecular complexity index is 957. The SMILES string of the molecule is O=C(CCOc1cccc(Br)c1)N/N=C\c1c(O)ccc2ccccc12. The molecular weight excluding hydrogens is 396 g/mol. The summed E-state index contributed by atoms with van der Waals surface area (Å²) in [5.41, 5.74) is 3.01. The molecule has 3 aromatic rings. The molecule has 132 valence electrons. The molecule has 0 aliphatic heterocycles. The topological polar surface area (TPSA) is 70.9 Å². The molecule has 0 fully saturated rings. The van der Waals surface area contributed by atoms with E-state index in [2.05, 4.69) is 26.5 Å². The van der Waals surface area contributed by atoms with Crippen molar-refractivity contribution in [3.05, 3.63) is 70.7 Å². The lowest BCUT2D eigenvalue weighted by atomic mass is 10.0. The highest BCUT2D eigenvalue weighted by molar-refractivity contribution is 9.10. The number of phenols is 1. The molecule has 5 nitrogen and oxygen atoms in total. The highest BCUT2D eigenvalue weighted by atomic mass is 79.9. The molecule has 0 bridgehead atoms. The van der Waals surface area contributed by atoms with Gasteiger partial charge in [0.15, 0.2) is 0 Å². The molecule has 2 N–H and O–H groups in total. The number of phenolic OH excluding ortho intramolecular Hbond substituents is 1. The molecule has 0 heterocycles. The number of amides is 1. The van der Waals surface area contributed by atoms with E-state index < -0.39 is 0 Å². The van der Waals surface area contributed by atoms with Crippen LogP contribution in [0.2, 0.25) is 0 Å². The Hall–Kier alpha value is -2.86. The number of aromatic hydroxyl groups is 1. The van der Waals surface area contributed by atoms with Gasteiger partial charge in [-0.25, -0.2) is 5.43 Å². The number of fused-ring (bicyclic) bond motifs is 1. The fraction of sp³-hybridized carbons (Fsp3) is 0.100. The molecule has 0 saturated carbocycles. The number of carbonyl (C=O) groups is 1. The van der Waals surface area contributed by atoms with Gasteiger partial charge in [0.05, 0.1) is 19.2 Å². The average Bonchev–Trinajstić information content (AvgIpc) is 2.64. The summed E-state index contributed by atoms with van der Waals surface area (Å²) in [7, 11) is 0. The standard InChI is InChI=1S/C20H17BrN2O3/c21-15-5-3-6-16(12-15)26-11-10-20(25)23-22-13-18-17-7-2-1-4-14(17)8-9-19(18)24/h1-9,12-13,24H,10-11H2,(H,23,25)/b22-13-. The van der Waals surface area contributed by atoms with E-state index in [0.29, 0.717) is 11.3 Å². The first-order chi connectivity index (χ1) is 12.6. The van der Waals surface area contributed by atoms with Crippen molar-refractivity contribution < 1.29 is 14.6 Å². The number of hydrogen-bond acceptors (Lipinski definition) is 4. The summed E-state index contributed by atoms with van der Waals surface area (Å²) in [5, 5.41) is 15.8. The third-order valence-electron chi connectivity index (χ3n) is 3.72. The van der Waals surface area contributed by atoms with Crippen molar-refractivity contribution in [1.29, 1.82) is 0 Å². The first kappa shape index (κ1) is 17.9. The Labute approximate surface area is 159 Å². The molecule has 0 aromatic heterocycles. The number of rotatable bonds is 6. The number of nitrogens with one attached hydrogen (secondary N) is 1. The molecule has 0 aliphatic rings. The monoisotopic (exact) mass is 412 g/mol. The van der Waals surface area contributed by atoms with E-state index in [4.69, 9.17) is 4.74 Å². The second-order valence-electron chi connectivity index (χ2n) is 5.57. The molecule has 0 saturated heterocycles. The summed E-state index contributed by atoms with van der Waals surface area (Å²) < 4.78 is 6.43. The Morgan fingerprint density at radius 2 is 2.00 bits per heavy atom. The first-order valence-corrected chi connectivity index (χ1v) is 8.84. The number of hydrazone groups is 1. The highest BCUT2D eigenvalue weighted by Crippen LogP contribution is 2.25. The summed E-state index contributed by atoms with van der Waals surface area (Å²) in [6.45, 7) is 0.247. The van der Waals surface area contributed by atoms with Gasteiger partial charge in [0.1, 0.15) is 11.5 Å². The van der Waals surface area contributed by atoms with Gasteiger partial charge in [-0.3, -0.25) is 4.79 Å². The van der Waals surface area contributed by atoms with Crippen LogP contribution in [-0.2, 0) is 4.79 Å². The van der Waals surface area contributed by atoms with Crippen molar-refractivity contribution >= 4 is 38.8 Å². The highest BCUT2D eigenvalue weighted by Gasteiger charge is 2.05. The summed E-state index contributed by atoms with van der Waals surface area (Å²) in [6, 6.07) is 18.5. The zero-order valence-electron chi connectivity index (χ0n) is 13.9. The minimum atomic E-state index is -0.268. The minimum absolute atomic E-state index is 0.111. The van der Waals surface area contributed by atoms with E-state index in [0.717, 1.165) is 15.2 Å². The van der Waals surface area contributed by atoms with Crippen LogP contribution in [-0.4, -0.2) is 23.8 Å². The van der Waals surface area contributed by atoms with Crippen LogP contribution in [0, 0.1) is 0 Å². The number of hydrogen-bond donors (Lipinski definition) is 2. The Morgan fingerprint density at radius 1 is 1.15 bits per heavy atom. The minimum Gasteiger partial charge on any atom is -0.507 e. The van der Waals surface area contributed by atoms with Gasteiger partial charge in [-0.05, 0) is 35.0 Å². The number of ether oxygens (including phenoxy) is 1. The van der Waals surface area contributed by atoms with Crippen LogP contribution in [0.5, 0.6) is 11.5 Å².